The Hall–Kier alpha value is -1.94. The van der Waals surface area contributed by atoms with Gasteiger partial charge >= 0.3 is 0 Å². The molecule has 0 spiro atoms. The highest BCUT2D eigenvalue weighted by atomic mass is 16.5. The van der Waals surface area contributed by atoms with Gasteiger partial charge in [-0.15, -0.1) is 0 Å². The lowest BCUT2D eigenvalue weighted by atomic mass is 9.84. The van der Waals surface area contributed by atoms with Gasteiger partial charge in [-0.05, 0) is 49.7 Å². The smallest absolute Gasteiger partial charge is 0.252 e. The fourth-order valence-corrected chi connectivity index (χ4v) is 3.92. The number of aromatic nitrogens is 1. The van der Waals surface area contributed by atoms with Gasteiger partial charge in [-0.25, -0.2) is 0 Å². The first-order valence-electron chi connectivity index (χ1n) is 9.02. The van der Waals surface area contributed by atoms with E-state index in [0.29, 0.717) is 12.5 Å². The Labute approximate surface area is 142 Å². The Morgan fingerprint density at radius 2 is 2.21 bits per heavy atom. The summed E-state index contributed by atoms with van der Waals surface area (Å²) in [6.45, 7) is 3.66. The van der Waals surface area contributed by atoms with Crippen LogP contribution in [0.25, 0.3) is 10.9 Å². The molecular formula is C20H24N2O2. The number of pyridine rings is 1. The van der Waals surface area contributed by atoms with Crippen molar-refractivity contribution in [3.8, 4) is 0 Å². The summed E-state index contributed by atoms with van der Waals surface area (Å²) >= 11 is 0. The van der Waals surface area contributed by atoms with Crippen molar-refractivity contribution in [2.75, 3.05) is 13.2 Å². The van der Waals surface area contributed by atoms with Gasteiger partial charge in [-0.1, -0.05) is 25.1 Å². The summed E-state index contributed by atoms with van der Waals surface area (Å²) in [7, 11) is 0. The standard InChI is InChI=1S/C20H24N2O2/c1-13-8-9-18-16(11-13)19(15-6-2-3-7-17(15)22-18)20(23)21-12-14-5-4-10-24-14/h2-3,6-7,13-14H,4-5,8-12H2,1H3,(H,21,23)/t13-,14-/m1/s1. The number of amides is 1. The molecular weight excluding hydrogens is 300 g/mol. The normalized spacial score (nSPS) is 23.2. The van der Waals surface area contributed by atoms with Crippen LogP contribution in [-0.2, 0) is 17.6 Å². The molecule has 1 fully saturated rings. The fraction of sp³-hybridized carbons (Fsp3) is 0.500. The zero-order valence-corrected chi connectivity index (χ0v) is 14.2. The van der Waals surface area contributed by atoms with Crippen molar-refractivity contribution in [1.82, 2.24) is 10.3 Å². The number of para-hydroxylation sites is 1. The molecule has 1 N–H and O–H groups in total. The lowest BCUT2D eigenvalue weighted by molar-refractivity contribution is 0.0858. The van der Waals surface area contributed by atoms with Crippen molar-refractivity contribution in [2.24, 2.45) is 5.92 Å². The third-order valence-electron chi connectivity index (χ3n) is 5.25. The van der Waals surface area contributed by atoms with Crippen LogP contribution in [0.2, 0.25) is 0 Å². The summed E-state index contributed by atoms with van der Waals surface area (Å²) in [6.07, 6.45) is 5.34. The Bertz CT molecular complexity index is 766. The van der Waals surface area contributed by atoms with Gasteiger partial charge in [0.25, 0.3) is 5.91 Å². The highest BCUT2D eigenvalue weighted by molar-refractivity contribution is 6.07. The Balaban J connectivity index is 1.71. The van der Waals surface area contributed by atoms with Gasteiger partial charge in [0.2, 0.25) is 0 Å². The molecule has 4 nitrogen and oxygen atoms in total. The molecule has 4 heteroatoms. The van der Waals surface area contributed by atoms with E-state index >= 15 is 0 Å². The maximum atomic E-state index is 13.0. The molecule has 24 heavy (non-hydrogen) atoms. The predicted molar refractivity (Wildman–Crippen MR) is 94.2 cm³/mol. The van der Waals surface area contributed by atoms with Crippen LogP contribution in [0.15, 0.2) is 24.3 Å². The van der Waals surface area contributed by atoms with E-state index < -0.39 is 0 Å². The lowest BCUT2D eigenvalue weighted by Gasteiger charge is -2.24. The molecule has 2 heterocycles. The monoisotopic (exact) mass is 324 g/mol. The van der Waals surface area contributed by atoms with Crippen LogP contribution >= 0.6 is 0 Å². The van der Waals surface area contributed by atoms with Crippen molar-refractivity contribution in [3.63, 3.8) is 0 Å². The fourth-order valence-electron chi connectivity index (χ4n) is 3.92. The topological polar surface area (TPSA) is 51.2 Å². The first-order chi connectivity index (χ1) is 11.7. The molecule has 2 atom stereocenters. The quantitative estimate of drug-likeness (QED) is 0.943. The van der Waals surface area contributed by atoms with E-state index in [0.717, 1.165) is 66.4 Å². The van der Waals surface area contributed by atoms with E-state index in [9.17, 15) is 4.79 Å². The van der Waals surface area contributed by atoms with Crippen molar-refractivity contribution < 1.29 is 9.53 Å². The van der Waals surface area contributed by atoms with Gasteiger partial charge in [0.15, 0.2) is 0 Å². The van der Waals surface area contributed by atoms with Gasteiger partial charge in [0.1, 0.15) is 0 Å². The highest BCUT2D eigenvalue weighted by Crippen LogP contribution is 2.31. The third kappa shape index (κ3) is 2.91. The molecule has 0 saturated carbocycles. The number of nitrogens with one attached hydrogen (secondary N) is 1. The number of hydrogen-bond acceptors (Lipinski definition) is 3. The van der Waals surface area contributed by atoms with Crippen molar-refractivity contribution in [3.05, 3.63) is 41.1 Å². The van der Waals surface area contributed by atoms with Gasteiger partial charge in [-0.2, -0.15) is 0 Å². The number of nitrogens with zero attached hydrogens (tertiary/aromatic N) is 1. The number of benzene rings is 1. The van der Waals surface area contributed by atoms with E-state index in [1.165, 1.54) is 0 Å². The Morgan fingerprint density at radius 1 is 1.33 bits per heavy atom. The van der Waals surface area contributed by atoms with Crippen LogP contribution in [0.1, 0.15) is 47.8 Å². The number of rotatable bonds is 3. The third-order valence-corrected chi connectivity index (χ3v) is 5.25. The minimum atomic E-state index is 0.0226. The Morgan fingerprint density at radius 3 is 3.04 bits per heavy atom. The zero-order valence-electron chi connectivity index (χ0n) is 14.2. The Kier molecular flexibility index (Phi) is 4.23. The molecule has 1 aromatic heterocycles. The molecule has 2 aromatic rings. The molecule has 1 saturated heterocycles. The molecule has 1 amide bonds. The molecule has 0 bridgehead atoms. The molecule has 0 unspecified atom stereocenters. The van der Waals surface area contributed by atoms with E-state index in [2.05, 4.69) is 12.2 Å². The SMILES string of the molecule is C[C@@H]1CCc2nc3ccccc3c(C(=O)NC[C@H]3CCCO3)c2C1. The molecule has 1 aromatic carbocycles. The van der Waals surface area contributed by atoms with Crippen LogP contribution in [0.4, 0.5) is 0 Å². The second kappa shape index (κ2) is 6.52. The second-order valence-electron chi connectivity index (χ2n) is 7.12. The summed E-state index contributed by atoms with van der Waals surface area (Å²) in [6, 6.07) is 7.99. The largest absolute Gasteiger partial charge is 0.376 e. The number of carbonyl (C=O) groups excluding carboxylic acids is 1. The zero-order chi connectivity index (χ0) is 16.5. The molecule has 126 valence electrons. The predicted octanol–water partition coefficient (Wildman–Crippen LogP) is 3.27. The molecule has 0 radical (unpaired) electrons. The molecule has 1 aliphatic heterocycles. The number of hydrogen-bond donors (Lipinski definition) is 1. The van der Waals surface area contributed by atoms with Crippen LogP contribution in [0, 0.1) is 5.92 Å². The summed E-state index contributed by atoms with van der Waals surface area (Å²) in [5, 5.41) is 4.07. The van der Waals surface area contributed by atoms with E-state index in [1.54, 1.807) is 0 Å². The van der Waals surface area contributed by atoms with Crippen LogP contribution in [-0.4, -0.2) is 30.1 Å². The first kappa shape index (κ1) is 15.6. The average Bonchev–Trinajstić information content (AvgIpc) is 3.11. The second-order valence-corrected chi connectivity index (χ2v) is 7.12. The minimum Gasteiger partial charge on any atom is -0.376 e. The van der Waals surface area contributed by atoms with Gasteiger partial charge < -0.3 is 10.1 Å². The van der Waals surface area contributed by atoms with Crippen molar-refractivity contribution >= 4 is 16.8 Å². The van der Waals surface area contributed by atoms with Crippen molar-refractivity contribution in [2.45, 2.75) is 45.1 Å². The maximum absolute atomic E-state index is 13.0. The summed E-state index contributed by atoms with van der Waals surface area (Å²) in [5.74, 6) is 0.625. The molecule has 2 aliphatic rings. The highest BCUT2D eigenvalue weighted by Gasteiger charge is 2.26. The van der Waals surface area contributed by atoms with E-state index in [4.69, 9.17) is 9.72 Å². The number of ether oxygens (including phenoxy) is 1. The van der Waals surface area contributed by atoms with E-state index in [1.807, 2.05) is 24.3 Å². The molecule has 4 rings (SSSR count). The van der Waals surface area contributed by atoms with Crippen LogP contribution < -0.4 is 5.32 Å². The lowest BCUT2D eigenvalue weighted by Crippen LogP contribution is -2.33. The van der Waals surface area contributed by atoms with E-state index in [-0.39, 0.29) is 12.0 Å². The number of fused-ring (bicyclic) bond motifs is 2. The summed E-state index contributed by atoms with van der Waals surface area (Å²) in [4.78, 5) is 17.8. The molecule has 1 aliphatic carbocycles. The number of aryl methyl sites for hydroxylation is 1. The average molecular weight is 324 g/mol. The van der Waals surface area contributed by atoms with Crippen molar-refractivity contribution in [1.29, 1.82) is 0 Å². The van der Waals surface area contributed by atoms with Gasteiger partial charge in [-0.3, -0.25) is 9.78 Å². The minimum absolute atomic E-state index is 0.0226. The van der Waals surface area contributed by atoms with Gasteiger partial charge in [0, 0.05) is 24.2 Å². The summed E-state index contributed by atoms with van der Waals surface area (Å²) < 4.78 is 5.63. The first-order valence-corrected chi connectivity index (χ1v) is 9.02. The van der Waals surface area contributed by atoms with Gasteiger partial charge in [0.05, 0.1) is 17.2 Å². The maximum Gasteiger partial charge on any atom is 0.252 e. The van der Waals surface area contributed by atoms with Crippen LogP contribution in [0.5, 0.6) is 0 Å². The summed E-state index contributed by atoms with van der Waals surface area (Å²) in [5.41, 5.74) is 4.01. The number of carbonyl (C=O) groups is 1. The van der Waals surface area contributed by atoms with Crippen LogP contribution in [0.3, 0.4) is 0 Å².